The van der Waals surface area contributed by atoms with Crippen molar-refractivity contribution in [3.63, 3.8) is 0 Å². The average Bonchev–Trinajstić information content (AvgIpc) is 3.13. The van der Waals surface area contributed by atoms with Gasteiger partial charge in [-0.15, -0.1) is 0 Å². The number of hydrogen-bond acceptors (Lipinski definition) is 5. The van der Waals surface area contributed by atoms with Crippen molar-refractivity contribution in [2.75, 3.05) is 40.4 Å². The maximum atomic E-state index is 14.5. The van der Waals surface area contributed by atoms with Gasteiger partial charge >= 0.3 is 0 Å². The molecule has 1 fully saturated rings. The smallest absolute Gasteiger partial charge is 0.247 e. The number of carbonyl (C=O) groups is 2. The predicted molar refractivity (Wildman–Crippen MR) is 187 cm³/mol. The third kappa shape index (κ3) is 9.33. The lowest BCUT2D eigenvalue weighted by Gasteiger charge is -2.39. The molecule has 1 saturated heterocycles. The van der Waals surface area contributed by atoms with Crippen molar-refractivity contribution in [1.82, 2.24) is 14.7 Å². The second kappa shape index (κ2) is 16.6. The van der Waals surface area contributed by atoms with Crippen LogP contribution in [0.2, 0.25) is 0 Å². The van der Waals surface area contributed by atoms with Crippen LogP contribution in [0.3, 0.4) is 0 Å². The Morgan fingerprint density at radius 1 is 0.745 bits per heavy atom. The minimum atomic E-state index is -0.680. The highest BCUT2D eigenvalue weighted by molar-refractivity contribution is 5.96. The molecule has 4 aromatic carbocycles. The van der Waals surface area contributed by atoms with Gasteiger partial charge in [-0.1, -0.05) is 91.9 Å². The molecule has 1 heterocycles. The van der Waals surface area contributed by atoms with Gasteiger partial charge in [0.1, 0.15) is 17.5 Å². The van der Waals surface area contributed by atoms with Gasteiger partial charge in [-0.25, -0.2) is 0 Å². The summed E-state index contributed by atoms with van der Waals surface area (Å²) in [6, 6.07) is 33.5. The summed E-state index contributed by atoms with van der Waals surface area (Å²) in [5, 5.41) is 0. The minimum absolute atomic E-state index is 0.0248. The average molecular weight is 632 g/mol. The number of hydrogen-bond donors (Lipinski definition) is 0. The molecule has 244 valence electrons. The molecule has 1 atom stereocenters. The lowest BCUT2D eigenvalue weighted by Crippen LogP contribution is -2.56. The molecule has 2 amide bonds. The van der Waals surface area contributed by atoms with Gasteiger partial charge in [0.25, 0.3) is 0 Å². The molecule has 7 nitrogen and oxygen atoms in total. The highest BCUT2D eigenvalue weighted by Gasteiger charge is 2.34. The van der Waals surface area contributed by atoms with Crippen LogP contribution in [-0.4, -0.2) is 73.0 Å². The first-order valence-electron chi connectivity index (χ1n) is 16.3. The van der Waals surface area contributed by atoms with Crippen LogP contribution in [0.4, 0.5) is 0 Å². The first kappa shape index (κ1) is 33.5. The Morgan fingerprint density at radius 3 is 1.89 bits per heavy atom. The Hall–Kier alpha value is -4.88. The van der Waals surface area contributed by atoms with Crippen molar-refractivity contribution >= 4 is 17.9 Å². The molecule has 1 aliphatic heterocycles. The van der Waals surface area contributed by atoms with E-state index >= 15 is 0 Å². The van der Waals surface area contributed by atoms with Gasteiger partial charge in [0, 0.05) is 57.8 Å². The van der Waals surface area contributed by atoms with Crippen LogP contribution in [0.25, 0.3) is 6.08 Å². The third-order valence-electron chi connectivity index (χ3n) is 8.73. The van der Waals surface area contributed by atoms with Crippen LogP contribution in [0.1, 0.15) is 34.7 Å². The molecule has 0 saturated carbocycles. The first-order chi connectivity index (χ1) is 22.9. The minimum Gasteiger partial charge on any atom is -0.497 e. The topological polar surface area (TPSA) is 62.3 Å². The zero-order chi connectivity index (χ0) is 33.0. The number of carbonyl (C=O) groups excluding carboxylic acids is 2. The van der Waals surface area contributed by atoms with E-state index in [4.69, 9.17) is 9.47 Å². The van der Waals surface area contributed by atoms with E-state index in [1.807, 2.05) is 53.4 Å². The highest BCUT2D eigenvalue weighted by atomic mass is 16.5. The highest BCUT2D eigenvalue weighted by Crippen LogP contribution is 2.24. The van der Waals surface area contributed by atoms with Gasteiger partial charge in [-0.05, 0) is 52.4 Å². The van der Waals surface area contributed by atoms with E-state index in [1.165, 1.54) is 11.1 Å². The van der Waals surface area contributed by atoms with E-state index in [0.717, 1.165) is 42.7 Å². The zero-order valence-electron chi connectivity index (χ0n) is 27.7. The lowest BCUT2D eigenvalue weighted by molar-refractivity contribution is -0.145. The summed E-state index contributed by atoms with van der Waals surface area (Å²) in [5.41, 5.74) is 5.24. The van der Waals surface area contributed by atoms with Crippen LogP contribution in [0.15, 0.2) is 109 Å². The number of aryl methyl sites for hydroxylation is 1. The third-order valence-corrected chi connectivity index (χ3v) is 8.73. The Morgan fingerprint density at radius 2 is 1.32 bits per heavy atom. The van der Waals surface area contributed by atoms with E-state index in [9.17, 15) is 9.59 Å². The maximum Gasteiger partial charge on any atom is 0.247 e. The summed E-state index contributed by atoms with van der Waals surface area (Å²) in [6.07, 6.45) is 4.66. The lowest BCUT2D eigenvalue weighted by atomic mass is 10.0. The van der Waals surface area contributed by atoms with Gasteiger partial charge in [-0.3, -0.25) is 14.5 Å². The van der Waals surface area contributed by atoms with E-state index in [1.54, 1.807) is 37.3 Å². The molecular weight excluding hydrogens is 586 g/mol. The van der Waals surface area contributed by atoms with Crippen LogP contribution in [0.5, 0.6) is 11.5 Å². The molecule has 0 N–H and O–H groups in total. The fraction of sp³-hybridized carbons (Fsp3) is 0.300. The Kier molecular flexibility index (Phi) is 11.8. The molecule has 0 aliphatic carbocycles. The number of piperazine rings is 1. The molecule has 47 heavy (non-hydrogen) atoms. The molecule has 0 aromatic heterocycles. The Balaban J connectivity index is 1.43. The quantitative estimate of drug-likeness (QED) is 0.163. The summed E-state index contributed by atoms with van der Waals surface area (Å²) in [7, 11) is 3.19. The molecule has 1 aliphatic rings. The predicted octanol–water partition coefficient (Wildman–Crippen LogP) is 6.26. The fourth-order valence-electron chi connectivity index (χ4n) is 5.95. The number of amides is 2. The van der Waals surface area contributed by atoms with Crippen molar-refractivity contribution in [2.45, 2.75) is 38.9 Å². The molecule has 0 spiro atoms. The van der Waals surface area contributed by atoms with Gasteiger partial charge in [0.15, 0.2) is 0 Å². The monoisotopic (exact) mass is 631 g/mol. The summed E-state index contributed by atoms with van der Waals surface area (Å²) < 4.78 is 10.9. The standard InChI is InChI=1S/C40H45N3O4/c1-4-31-15-17-34(18-16-31)30-43(39(44)20-19-35-25-36(46-2)28-37(26-35)47-3)38(27-32-11-7-5-8-12-32)40(45)42-23-21-41(22-24-42)29-33-13-9-6-10-14-33/h5-20,25-26,28,38H,4,21-24,27,29-30H2,1-3H3/t38-/m0/s1. The summed E-state index contributed by atoms with van der Waals surface area (Å²) in [6.45, 7) is 6.08. The van der Waals surface area contributed by atoms with Crippen LogP contribution in [0, 0.1) is 0 Å². The number of ether oxygens (including phenoxy) is 2. The number of methoxy groups -OCH3 is 2. The molecular formula is C40H45N3O4. The van der Waals surface area contributed by atoms with Crippen molar-refractivity contribution in [3.05, 3.63) is 137 Å². The van der Waals surface area contributed by atoms with E-state index in [-0.39, 0.29) is 11.8 Å². The fourth-order valence-corrected chi connectivity index (χ4v) is 5.95. The van der Waals surface area contributed by atoms with Crippen molar-refractivity contribution in [1.29, 1.82) is 0 Å². The second-order valence-electron chi connectivity index (χ2n) is 11.9. The largest absolute Gasteiger partial charge is 0.497 e. The summed E-state index contributed by atoms with van der Waals surface area (Å²) in [4.78, 5) is 34.8. The van der Waals surface area contributed by atoms with Gasteiger partial charge in [0.05, 0.1) is 14.2 Å². The van der Waals surface area contributed by atoms with E-state index < -0.39 is 6.04 Å². The first-order valence-corrected chi connectivity index (χ1v) is 16.3. The molecule has 0 unspecified atom stereocenters. The van der Waals surface area contributed by atoms with Crippen molar-refractivity contribution < 1.29 is 19.1 Å². The molecule has 4 aromatic rings. The van der Waals surface area contributed by atoms with Crippen LogP contribution in [-0.2, 0) is 35.5 Å². The van der Waals surface area contributed by atoms with Gasteiger partial charge in [0.2, 0.25) is 11.8 Å². The molecule has 0 bridgehead atoms. The maximum absolute atomic E-state index is 14.5. The molecule has 5 rings (SSSR count). The number of rotatable bonds is 13. The Labute approximate surface area is 279 Å². The van der Waals surface area contributed by atoms with E-state index in [0.29, 0.717) is 37.6 Å². The van der Waals surface area contributed by atoms with Gasteiger partial charge in [-0.2, -0.15) is 0 Å². The second-order valence-corrected chi connectivity index (χ2v) is 11.9. The van der Waals surface area contributed by atoms with Gasteiger partial charge < -0.3 is 19.3 Å². The molecule has 7 heteroatoms. The SMILES string of the molecule is CCc1ccc(CN(C(=O)C=Cc2cc(OC)cc(OC)c2)[C@@H](Cc2ccccc2)C(=O)N2CCN(Cc3ccccc3)CC2)cc1. The summed E-state index contributed by atoms with van der Waals surface area (Å²) in [5.74, 6) is 1.01. The van der Waals surface area contributed by atoms with Crippen molar-refractivity contribution in [3.8, 4) is 11.5 Å². The van der Waals surface area contributed by atoms with Crippen LogP contribution < -0.4 is 9.47 Å². The van der Waals surface area contributed by atoms with E-state index in [2.05, 4.69) is 60.4 Å². The summed E-state index contributed by atoms with van der Waals surface area (Å²) >= 11 is 0. The molecule has 0 radical (unpaired) electrons. The van der Waals surface area contributed by atoms with Crippen molar-refractivity contribution in [2.24, 2.45) is 0 Å². The number of nitrogens with zero attached hydrogens (tertiary/aromatic N) is 3. The Bertz CT molecular complexity index is 1590. The zero-order valence-corrected chi connectivity index (χ0v) is 27.7. The van der Waals surface area contributed by atoms with Crippen LogP contribution >= 0.6 is 0 Å². The normalized spacial score (nSPS) is 14.1. The number of benzene rings is 4.